The van der Waals surface area contributed by atoms with Gasteiger partial charge in [-0.3, -0.25) is 37.3 Å². The van der Waals surface area contributed by atoms with Gasteiger partial charge < -0.3 is 33.8 Å². The smallest absolute Gasteiger partial charge is 0.462 e. The molecule has 0 aromatic carbocycles. The van der Waals surface area contributed by atoms with Crippen LogP contribution in [-0.4, -0.2) is 96.7 Å². The van der Waals surface area contributed by atoms with Gasteiger partial charge in [-0.25, -0.2) is 9.13 Å². The molecule has 5 atom stereocenters. The number of phosphoric acid groups is 2. The normalized spacial score (nSPS) is 14.1. The highest BCUT2D eigenvalue weighted by atomic mass is 31.2. The third kappa shape index (κ3) is 75.0. The Hall–Kier alpha value is -3.24. The lowest BCUT2D eigenvalue weighted by Crippen LogP contribution is -2.30. The van der Waals surface area contributed by atoms with Crippen LogP contribution in [0, 0.1) is 0 Å². The van der Waals surface area contributed by atoms with E-state index in [1.165, 1.54) is 154 Å². The molecule has 3 N–H and O–H groups in total. The fourth-order valence-corrected chi connectivity index (χ4v) is 13.2. The van der Waals surface area contributed by atoms with Gasteiger partial charge in [-0.05, 0) is 116 Å². The molecule has 0 spiro atoms. The average Bonchev–Trinajstić information content (AvgIpc) is 0.922. The van der Waals surface area contributed by atoms with Crippen molar-refractivity contribution < 1.29 is 80.2 Å². The van der Waals surface area contributed by atoms with Crippen molar-refractivity contribution in [1.82, 2.24) is 0 Å². The summed E-state index contributed by atoms with van der Waals surface area (Å²) < 4.78 is 68.7. The quantitative estimate of drug-likeness (QED) is 0.0169. The molecule has 0 heterocycles. The lowest BCUT2D eigenvalue weighted by atomic mass is 10.0. The second kappa shape index (κ2) is 76.0. The van der Waals surface area contributed by atoms with Gasteiger partial charge in [0, 0.05) is 25.7 Å². The van der Waals surface area contributed by atoms with Gasteiger partial charge in [-0.15, -0.1) is 0 Å². The Bertz CT molecular complexity index is 2170. The average molecular weight is 1480 g/mol. The van der Waals surface area contributed by atoms with E-state index in [0.717, 1.165) is 154 Å². The fourth-order valence-electron chi connectivity index (χ4n) is 11.6. The zero-order valence-corrected chi connectivity index (χ0v) is 67.1. The number of carbonyl (C=O) groups excluding carboxylic acids is 4. The van der Waals surface area contributed by atoms with Crippen molar-refractivity contribution in [1.29, 1.82) is 0 Å². The Labute approximate surface area is 622 Å². The first kappa shape index (κ1) is 98.8. The molecule has 0 fully saturated rings. The van der Waals surface area contributed by atoms with Gasteiger partial charge in [0.15, 0.2) is 12.2 Å². The minimum absolute atomic E-state index is 0.0859. The van der Waals surface area contributed by atoms with Crippen LogP contribution in [0.1, 0.15) is 387 Å². The number of unbranched alkanes of at least 4 members (excludes halogenated alkanes) is 43. The molecule has 0 amide bonds. The van der Waals surface area contributed by atoms with E-state index in [4.69, 9.17) is 37.0 Å². The molecule has 0 aromatic heterocycles. The van der Waals surface area contributed by atoms with Crippen LogP contribution in [0.15, 0.2) is 60.8 Å². The highest BCUT2D eigenvalue weighted by molar-refractivity contribution is 7.47. The van der Waals surface area contributed by atoms with E-state index in [1.54, 1.807) is 0 Å². The molecule has 0 radical (unpaired) electrons. The maximum Gasteiger partial charge on any atom is 0.472 e. The van der Waals surface area contributed by atoms with Crippen molar-refractivity contribution >= 4 is 39.5 Å². The molecule has 19 heteroatoms. The largest absolute Gasteiger partial charge is 0.472 e. The lowest BCUT2D eigenvalue weighted by Gasteiger charge is -2.21. The van der Waals surface area contributed by atoms with E-state index in [2.05, 4.69) is 88.5 Å². The SMILES string of the molecule is CCCCC/C=C\C/C=C\CCCCCCCC(=O)OC[C@H](COP(=O)(O)OC[C@@H](O)COP(=O)(O)OC[C@@H](COC(=O)CCCCCCC/C=C\C/C=C\CCCCC)OC(=O)CCCCCCCCCCCCCCCCCCC)OC(=O)CCCCCCC/C=C\CCCCCCCC. The number of esters is 4. The zero-order chi connectivity index (χ0) is 74.6. The molecular formula is C83H152O17P2. The first-order chi connectivity index (χ1) is 49.7. The van der Waals surface area contributed by atoms with E-state index >= 15 is 0 Å². The van der Waals surface area contributed by atoms with Crippen molar-refractivity contribution in [3.05, 3.63) is 60.8 Å². The highest BCUT2D eigenvalue weighted by Crippen LogP contribution is 2.45. The second-order valence-electron chi connectivity index (χ2n) is 28.1. The van der Waals surface area contributed by atoms with E-state index in [-0.39, 0.29) is 25.7 Å². The van der Waals surface area contributed by atoms with Crippen molar-refractivity contribution in [2.75, 3.05) is 39.6 Å². The van der Waals surface area contributed by atoms with Gasteiger partial charge >= 0.3 is 39.5 Å². The number of aliphatic hydroxyl groups is 1. The predicted octanol–water partition coefficient (Wildman–Crippen LogP) is 24.2. The summed E-state index contributed by atoms with van der Waals surface area (Å²) in [6.45, 7) is 4.87. The van der Waals surface area contributed by atoms with Gasteiger partial charge in [0.2, 0.25) is 0 Å². The zero-order valence-electron chi connectivity index (χ0n) is 65.3. The molecule has 2 unspecified atom stereocenters. The summed E-state index contributed by atoms with van der Waals surface area (Å²) in [5.41, 5.74) is 0. The van der Waals surface area contributed by atoms with Crippen molar-refractivity contribution in [3.63, 3.8) is 0 Å². The molecule has 0 rings (SSSR count). The number of hydrogen-bond acceptors (Lipinski definition) is 15. The Morgan fingerprint density at radius 2 is 0.480 bits per heavy atom. The fraction of sp³-hybridized carbons (Fsp3) is 0.831. The number of allylic oxidation sites excluding steroid dienone is 10. The third-order valence-electron chi connectivity index (χ3n) is 18.0. The lowest BCUT2D eigenvalue weighted by molar-refractivity contribution is -0.161. The van der Waals surface area contributed by atoms with Crippen LogP contribution < -0.4 is 0 Å². The Kier molecular flexibility index (Phi) is 73.6. The summed E-state index contributed by atoms with van der Waals surface area (Å²) in [7, 11) is -9.95. The van der Waals surface area contributed by atoms with E-state index in [9.17, 15) is 43.2 Å². The van der Waals surface area contributed by atoms with Crippen molar-refractivity contribution in [3.8, 4) is 0 Å². The van der Waals surface area contributed by atoms with Gasteiger partial charge in [0.1, 0.15) is 19.3 Å². The summed E-state index contributed by atoms with van der Waals surface area (Å²) in [5.74, 6) is -2.18. The molecule has 0 saturated carbocycles. The minimum Gasteiger partial charge on any atom is -0.462 e. The standard InChI is InChI=1S/C83H152O17P2/c1-5-9-13-17-21-25-29-33-37-38-42-46-50-54-58-62-66-70-83(88)100-79(74-94-81(86)68-64-60-56-52-48-44-40-35-31-27-23-19-15-11-7-3)76-98-102(91,92)96-72-77(84)71-95-101(89,90)97-75-78(99-82(87)69-65-61-57-53-49-45-41-36-32-28-24-20-16-12-8-4)73-93-80(85)67-63-59-55-51-47-43-39-34-30-26-22-18-14-10-6-2/h22-23,26-27,34-36,39-41,77-79,84H,5-21,24-25,28-33,37-38,42-76H2,1-4H3,(H,89,90)(H,91,92)/b26-22-,27-23-,39-34-,40-35-,41-36-/t77-,78-,79-/m1/s1. The number of ether oxygens (including phenoxy) is 4. The molecule has 0 aromatic rings. The molecule has 102 heavy (non-hydrogen) atoms. The van der Waals surface area contributed by atoms with Crippen molar-refractivity contribution in [2.24, 2.45) is 0 Å². The van der Waals surface area contributed by atoms with E-state index < -0.39 is 97.5 Å². The summed E-state index contributed by atoms with van der Waals surface area (Å²) >= 11 is 0. The predicted molar refractivity (Wildman–Crippen MR) is 418 cm³/mol. The van der Waals surface area contributed by atoms with E-state index in [1.807, 2.05) is 0 Å². The van der Waals surface area contributed by atoms with Crippen LogP contribution in [0.25, 0.3) is 0 Å². The first-order valence-electron chi connectivity index (χ1n) is 41.5. The van der Waals surface area contributed by atoms with Crippen LogP contribution in [0.4, 0.5) is 0 Å². The number of rotatable bonds is 79. The number of carbonyl (C=O) groups is 4. The van der Waals surface area contributed by atoms with E-state index in [0.29, 0.717) is 25.7 Å². The maximum atomic E-state index is 13.1. The van der Waals surface area contributed by atoms with Crippen LogP contribution >= 0.6 is 15.6 Å². The van der Waals surface area contributed by atoms with Crippen LogP contribution in [0.2, 0.25) is 0 Å². The monoisotopic (exact) mass is 1480 g/mol. The minimum atomic E-state index is -4.98. The van der Waals surface area contributed by atoms with Crippen LogP contribution in [0.5, 0.6) is 0 Å². The van der Waals surface area contributed by atoms with Gasteiger partial charge in [0.25, 0.3) is 0 Å². The molecule has 0 aliphatic heterocycles. The second-order valence-corrected chi connectivity index (χ2v) is 31.0. The molecule has 0 saturated heterocycles. The highest BCUT2D eigenvalue weighted by Gasteiger charge is 2.30. The molecule has 0 aliphatic rings. The van der Waals surface area contributed by atoms with Gasteiger partial charge in [-0.2, -0.15) is 0 Å². The molecule has 0 aliphatic carbocycles. The Morgan fingerprint density at radius 1 is 0.275 bits per heavy atom. The van der Waals surface area contributed by atoms with Crippen LogP contribution in [-0.2, 0) is 65.4 Å². The van der Waals surface area contributed by atoms with Gasteiger partial charge in [-0.1, -0.05) is 307 Å². The summed E-state index contributed by atoms with van der Waals surface area (Å²) in [5, 5.41) is 10.7. The number of hydrogen-bond donors (Lipinski definition) is 3. The van der Waals surface area contributed by atoms with Crippen LogP contribution in [0.3, 0.4) is 0 Å². The summed E-state index contributed by atoms with van der Waals surface area (Å²) in [6, 6.07) is 0. The van der Waals surface area contributed by atoms with Gasteiger partial charge in [0.05, 0.1) is 26.4 Å². The first-order valence-corrected chi connectivity index (χ1v) is 44.5. The molecule has 0 bridgehead atoms. The third-order valence-corrected chi connectivity index (χ3v) is 19.9. The maximum absolute atomic E-state index is 13.1. The van der Waals surface area contributed by atoms with Crippen molar-refractivity contribution in [2.45, 2.75) is 406 Å². The number of phosphoric ester groups is 2. The Balaban J connectivity index is 5.35. The number of aliphatic hydroxyl groups excluding tert-OH is 1. The Morgan fingerprint density at radius 3 is 0.755 bits per heavy atom. The molecule has 17 nitrogen and oxygen atoms in total. The molecule has 596 valence electrons. The molecular weight excluding hydrogens is 1330 g/mol. The topological polar surface area (TPSA) is 237 Å². The summed E-state index contributed by atoms with van der Waals surface area (Å²) in [4.78, 5) is 73.1. The summed E-state index contributed by atoms with van der Waals surface area (Å²) in [6.07, 6.45) is 76.1.